The number of rotatable bonds is 1. The van der Waals surface area contributed by atoms with Crippen LogP contribution in [0.15, 0.2) is 36.5 Å². The van der Waals surface area contributed by atoms with Gasteiger partial charge in [-0.15, -0.1) is 0 Å². The molecule has 0 spiro atoms. The second-order valence-electron chi connectivity index (χ2n) is 3.40. The summed E-state index contributed by atoms with van der Waals surface area (Å²) < 4.78 is 0. The summed E-state index contributed by atoms with van der Waals surface area (Å²) in [5.74, 6) is 0.530. The fourth-order valence-electron chi connectivity index (χ4n) is 1.53. The monoisotopic (exact) mass is 218 g/mol. The molecule has 3 heteroatoms. The average Bonchev–Trinajstić information content (AvgIpc) is 2.23. The number of nitrogen functional groups attached to an aromatic ring is 1. The van der Waals surface area contributed by atoms with E-state index in [2.05, 4.69) is 4.98 Å². The summed E-state index contributed by atoms with van der Waals surface area (Å²) in [6.07, 6.45) is 1.68. The fraction of sp³-hybridized carbons (Fsp3) is 0.0833. The summed E-state index contributed by atoms with van der Waals surface area (Å²) in [6, 6.07) is 9.56. The van der Waals surface area contributed by atoms with Crippen molar-refractivity contribution in [2.24, 2.45) is 0 Å². The van der Waals surface area contributed by atoms with E-state index in [0.29, 0.717) is 10.8 Å². The van der Waals surface area contributed by atoms with Crippen LogP contribution in [0.2, 0.25) is 5.02 Å². The molecule has 0 atom stereocenters. The molecule has 0 aliphatic rings. The molecule has 0 saturated heterocycles. The minimum atomic E-state index is 0.530. The van der Waals surface area contributed by atoms with E-state index in [1.165, 1.54) is 0 Å². The van der Waals surface area contributed by atoms with E-state index in [9.17, 15) is 0 Å². The Morgan fingerprint density at radius 1 is 1.20 bits per heavy atom. The van der Waals surface area contributed by atoms with Crippen LogP contribution in [0.25, 0.3) is 11.1 Å². The zero-order chi connectivity index (χ0) is 10.8. The Morgan fingerprint density at radius 2 is 2.00 bits per heavy atom. The highest BCUT2D eigenvalue weighted by Gasteiger charge is 2.06. The predicted octanol–water partition coefficient (Wildman–Crippen LogP) is 3.29. The summed E-state index contributed by atoms with van der Waals surface area (Å²) >= 11 is 5.96. The fourth-order valence-corrected chi connectivity index (χ4v) is 1.70. The summed E-state index contributed by atoms with van der Waals surface area (Å²) in [4.78, 5) is 4.06. The van der Waals surface area contributed by atoms with Crippen molar-refractivity contribution < 1.29 is 0 Å². The highest BCUT2D eigenvalue weighted by molar-refractivity contribution is 6.30. The molecule has 0 amide bonds. The Kier molecular flexibility index (Phi) is 2.60. The molecule has 2 rings (SSSR count). The molecule has 0 saturated carbocycles. The standard InChI is InChI=1S/C12H11ClN2/c1-8-4-5-9(13)7-11(8)10-3-2-6-15-12(10)14/h2-7H,1H3,(H2,14,15). The molecular formula is C12H11ClN2. The topological polar surface area (TPSA) is 38.9 Å². The van der Waals surface area contributed by atoms with Crippen molar-refractivity contribution in [3.8, 4) is 11.1 Å². The van der Waals surface area contributed by atoms with Crippen molar-refractivity contribution in [2.75, 3.05) is 5.73 Å². The quantitative estimate of drug-likeness (QED) is 0.798. The molecule has 15 heavy (non-hydrogen) atoms. The molecule has 2 N–H and O–H groups in total. The molecule has 0 aliphatic heterocycles. The van der Waals surface area contributed by atoms with Crippen LogP contribution in [0.3, 0.4) is 0 Å². The predicted molar refractivity (Wildman–Crippen MR) is 63.8 cm³/mol. The van der Waals surface area contributed by atoms with Crippen LogP contribution >= 0.6 is 11.6 Å². The number of benzene rings is 1. The van der Waals surface area contributed by atoms with E-state index < -0.39 is 0 Å². The highest BCUT2D eigenvalue weighted by atomic mass is 35.5. The SMILES string of the molecule is Cc1ccc(Cl)cc1-c1cccnc1N. The van der Waals surface area contributed by atoms with E-state index >= 15 is 0 Å². The lowest BCUT2D eigenvalue weighted by Gasteiger charge is -2.08. The number of aryl methyl sites for hydroxylation is 1. The van der Waals surface area contributed by atoms with Gasteiger partial charge in [-0.2, -0.15) is 0 Å². The van der Waals surface area contributed by atoms with Crippen molar-refractivity contribution in [3.63, 3.8) is 0 Å². The van der Waals surface area contributed by atoms with E-state index in [4.69, 9.17) is 17.3 Å². The Balaban J connectivity index is 2.64. The van der Waals surface area contributed by atoms with Gasteiger partial charge in [-0.05, 0) is 42.3 Å². The van der Waals surface area contributed by atoms with Crippen molar-refractivity contribution in [1.82, 2.24) is 4.98 Å². The summed E-state index contributed by atoms with van der Waals surface area (Å²) in [5.41, 5.74) is 8.92. The van der Waals surface area contributed by atoms with Crippen LogP contribution in [0.1, 0.15) is 5.56 Å². The van der Waals surface area contributed by atoms with Crippen LogP contribution in [0, 0.1) is 6.92 Å². The van der Waals surface area contributed by atoms with Gasteiger partial charge in [-0.1, -0.05) is 17.7 Å². The number of anilines is 1. The largest absolute Gasteiger partial charge is 0.383 e. The zero-order valence-corrected chi connectivity index (χ0v) is 9.12. The first-order chi connectivity index (χ1) is 7.18. The zero-order valence-electron chi connectivity index (χ0n) is 8.37. The van der Waals surface area contributed by atoms with Gasteiger partial charge in [-0.25, -0.2) is 4.98 Å². The first kappa shape index (κ1) is 9.99. The normalized spacial score (nSPS) is 10.3. The maximum Gasteiger partial charge on any atom is 0.131 e. The average molecular weight is 219 g/mol. The molecule has 76 valence electrons. The van der Waals surface area contributed by atoms with Crippen LogP contribution in [-0.4, -0.2) is 4.98 Å². The maximum absolute atomic E-state index is 5.96. The van der Waals surface area contributed by atoms with Gasteiger partial charge in [0.2, 0.25) is 0 Å². The third-order valence-corrected chi connectivity index (χ3v) is 2.56. The highest BCUT2D eigenvalue weighted by Crippen LogP contribution is 2.29. The molecule has 0 fully saturated rings. The number of nitrogens with two attached hydrogens (primary N) is 1. The van der Waals surface area contributed by atoms with E-state index in [1.54, 1.807) is 6.20 Å². The van der Waals surface area contributed by atoms with Gasteiger partial charge in [0.05, 0.1) is 0 Å². The van der Waals surface area contributed by atoms with Crippen molar-refractivity contribution in [3.05, 3.63) is 47.1 Å². The molecule has 2 aromatic rings. The third kappa shape index (κ3) is 1.95. The third-order valence-electron chi connectivity index (χ3n) is 2.33. The lowest BCUT2D eigenvalue weighted by molar-refractivity contribution is 1.33. The van der Waals surface area contributed by atoms with Crippen molar-refractivity contribution in [1.29, 1.82) is 0 Å². The molecule has 1 heterocycles. The lowest BCUT2D eigenvalue weighted by Crippen LogP contribution is -1.94. The van der Waals surface area contributed by atoms with Gasteiger partial charge in [0, 0.05) is 16.8 Å². The molecular weight excluding hydrogens is 208 g/mol. The smallest absolute Gasteiger partial charge is 0.131 e. The summed E-state index contributed by atoms with van der Waals surface area (Å²) in [5, 5.41) is 0.707. The minimum Gasteiger partial charge on any atom is -0.383 e. The summed E-state index contributed by atoms with van der Waals surface area (Å²) in [6.45, 7) is 2.03. The molecule has 0 radical (unpaired) electrons. The number of hydrogen-bond acceptors (Lipinski definition) is 2. The summed E-state index contributed by atoms with van der Waals surface area (Å²) in [7, 11) is 0. The number of hydrogen-bond donors (Lipinski definition) is 1. The van der Waals surface area contributed by atoms with Gasteiger partial charge in [0.15, 0.2) is 0 Å². The minimum absolute atomic E-state index is 0.530. The van der Waals surface area contributed by atoms with Crippen LogP contribution in [0.4, 0.5) is 5.82 Å². The van der Waals surface area contributed by atoms with Crippen molar-refractivity contribution in [2.45, 2.75) is 6.92 Å². The molecule has 0 aliphatic carbocycles. The number of nitrogens with zero attached hydrogens (tertiary/aromatic N) is 1. The first-order valence-corrected chi connectivity index (χ1v) is 5.03. The second-order valence-corrected chi connectivity index (χ2v) is 3.83. The van der Waals surface area contributed by atoms with E-state index in [-0.39, 0.29) is 0 Å². The van der Waals surface area contributed by atoms with Gasteiger partial charge >= 0.3 is 0 Å². The van der Waals surface area contributed by atoms with E-state index in [0.717, 1.165) is 16.7 Å². The van der Waals surface area contributed by atoms with Crippen molar-refractivity contribution >= 4 is 17.4 Å². The Bertz CT molecular complexity index is 495. The van der Waals surface area contributed by atoms with Crippen LogP contribution in [-0.2, 0) is 0 Å². The first-order valence-electron chi connectivity index (χ1n) is 4.65. The van der Waals surface area contributed by atoms with Gasteiger partial charge in [-0.3, -0.25) is 0 Å². The molecule has 2 nitrogen and oxygen atoms in total. The van der Waals surface area contributed by atoms with Gasteiger partial charge < -0.3 is 5.73 Å². The lowest BCUT2D eigenvalue weighted by atomic mass is 10.0. The van der Waals surface area contributed by atoms with Crippen LogP contribution in [0.5, 0.6) is 0 Å². The van der Waals surface area contributed by atoms with E-state index in [1.807, 2.05) is 37.3 Å². The Hall–Kier alpha value is -1.54. The maximum atomic E-state index is 5.96. The molecule has 0 unspecified atom stereocenters. The number of pyridine rings is 1. The Labute approximate surface area is 93.7 Å². The molecule has 1 aromatic heterocycles. The van der Waals surface area contributed by atoms with Gasteiger partial charge in [0.25, 0.3) is 0 Å². The number of aromatic nitrogens is 1. The second kappa shape index (κ2) is 3.91. The Morgan fingerprint density at radius 3 is 2.73 bits per heavy atom. The molecule has 1 aromatic carbocycles. The molecule has 0 bridgehead atoms. The van der Waals surface area contributed by atoms with Gasteiger partial charge in [0.1, 0.15) is 5.82 Å². The number of halogens is 1. The van der Waals surface area contributed by atoms with Crippen LogP contribution < -0.4 is 5.73 Å².